The predicted molar refractivity (Wildman–Crippen MR) is 112 cm³/mol. The van der Waals surface area contributed by atoms with E-state index >= 15 is 0 Å². The molecule has 0 unspecified atom stereocenters. The highest BCUT2D eigenvalue weighted by Gasteiger charge is 2.52. The Morgan fingerprint density at radius 3 is 2.48 bits per heavy atom. The summed E-state index contributed by atoms with van der Waals surface area (Å²) in [6.07, 6.45) is 2.03. The zero-order valence-electron chi connectivity index (χ0n) is 16.5. The number of H-pyrrole nitrogens is 1. The molecule has 3 rings (SSSR count). The van der Waals surface area contributed by atoms with Crippen LogP contribution in [-0.4, -0.2) is 41.6 Å². The summed E-state index contributed by atoms with van der Waals surface area (Å²) in [7, 11) is -0.429. The average molecular weight is 387 g/mol. The van der Waals surface area contributed by atoms with Gasteiger partial charge in [0.25, 0.3) is 0 Å². The van der Waals surface area contributed by atoms with Crippen LogP contribution in [0, 0.1) is 0 Å². The zero-order valence-corrected chi connectivity index (χ0v) is 17.4. The van der Waals surface area contributed by atoms with Gasteiger partial charge in [0.15, 0.2) is 0 Å². The van der Waals surface area contributed by atoms with Gasteiger partial charge in [-0.15, -0.1) is 0 Å². The third kappa shape index (κ3) is 3.95. The van der Waals surface area contributed by atoms with E-state index in [4.69, 9.17) is 14.0 Å². The SMILES string of the molecule is CCOC(=O)c1cc2ccc(C=C(CS)B3OC(C)(C)C(C)(C)O3)cc2[nH]1. The monoisotopic (exact) mass is 387 g/mol. The number of aromatic nitrogens is 1. The van der Waals surface area contributed by atoms with Crippen molar-refractivity contribution in [2.75, 3.05) is 12.4 Å². The van der Waals surface area contributed by atoms with Gasteiger partial charge in [-0.25, -0.2) is 4.79 Å². The molecule has 1 aliphatic heterocycles. The van der Waals surface area contributed by atoms with E-state index in [1.807, 2.05) is 52.0 Å². The first-order valence-electron chi connectivity index (χ1n) is 9.13. The molecule has 0 aliphatic carbocycles. The van der Waals surface area contributed by atoms with E-state index in [9.17, 15) is 4.79 Å². The van der Waals surface area contributed by atoms with Crippen LogP contribution >= 0.6 is 12.6 Å². The van der Waals surface area contributed by atoms with Gasteiger partial charge in [-0.2, -0.15) is 12.6 Å². The lowest BCUT2D eigenvalue weighted by Gasteiger charge is -2.32. The minimum Gasteiger partial charge on any atom is -0.461 e. The molecule has 0 amide bonds. The van der Waals surface area contributed by atoms with Crippen molar-refractivity contribution in [1.82, 2.24) is 4.98 Å². The minimum atomic E-state index is -0.429. The van der Waals surface area contributed by atoms with Crippen LogP contribution in [0.15, 0.2) is 29.7 Å². The molecule has 2 aromatic rings. The van der Waals surface area contributed by atoms with Gasteiger partial charge < -0.3 is 19.0 Å². The number of nitrogens with one attached hydrogen (secondary N) is 1. The van der Waals surface area contributed by atoms with Crippen molar-refractivity contribution in [2.24, 2.45) is 0 Å². The second kappa shape index (κ2) is 7.38. The fraction of sp³-hybridized carbons (Fsp3) is 0.450. The van der Waals surface area contributed by atoms with Gasteiger partial charge in [0.1, 0.15) is 5.69 Å². The van der Waals surface area contributed by atoms with Gasteiger partial charge in [-0.3, -0.25) is 0 Å². The first kappa shape index (κ1) is 20.0. The zero-order chi connectivity index (χ0) is 19.8. The van der Waals surface area contributed by atoms with Crippen molar-refractivity contribution in [3.63, 3.8) is 0 Å². The molecule has 1 N–H and O–H groups in total. The maximum Gasteiger partial charge on any atom is 0.491 e. The number of hydrogen-bond acceptors (Lipinski definition) is 5. The lowest BCUT2D eigenvalue weighted by atomic mass is 9.78. The number of carbonyl (C=O) groups is 1. The van der Waals surface area contributed by atoms with E-state index in [2.05, 4.69) is 17.6 Å². The number of hydrogen-bond donors (Lipinski definition) is 2. The van der Waals surface area contributed by atoms with Gasteiger partial charge in [0.2, 0.25) is 0 Å². The molecule has 1 saturated heterocycles. The van der Waals surface area contributed by atoms with Crippen molar-refractivity contribution < 1.29 is 18.8 Å². The van der Waals surface area contributed by atoms with Gasteiger partial charge in [0, 0.05) is 16.7 Å². The third-order valence-corrected chi connectivity index (χ3v) is 5.60. The fourth-order valence-corrected chi connectivity index (χ4v) is 3.19. The van der Waals surface area contributed by atoms with Crippen LogP contribution in [0.1, 0.15) is 50.7 Å². The Morgan fingerprint density at radius 2 is 1.89 bits per heavy atom. The fourth-order valence-electron chi connectivity index (χ4n) is 2.95. The van der Waals surface area contributed by atoms with E-state index in [0.29, 0.717) is 18.1 Å². The summed E-state index contributed by atoms with van der Waals surface area (Å²) in [5.41, 5.74) is 2.48. The molecule has 5 nitrogen and oxygen atoms in total. The summed E-state index contributed by atoms with van der Waals surface area (Å²) in [4.78, 5) is 15.0. The lowest BCUT2D eigenvalue weighted by molar-refractivity contribution is 0.00578. The number of carbonyl (C=O) groups excluding carboxylic acids is 1. The number of thiol groups is 1. The highest BCUT2D eigenvalue weighted by atomic mass is 32.1. The topological polar surface area (TPSA) is 60.6 Å². The van der Waals surface area contributed by atoms with Gasteiger partial charge in [-0.05, 0) is 57.8 Å². The standard InChI is InChI=1S/C20H26BNO4S/c1-6-24-18(23)17-11-14-8-7-13(10-16(14)22-17)9-15(12-27)21-25-19(2,3)20(4,5)26-21/h7-11,22,27H,6,12H2,1-5H3. The van der Waals surface area contributed by atoms with Crippen LogP contribution in [0.2, 0.25) is 0 Å². The Labute approximate surface area is 166 Å². The molecule has 0 atom stereocenters. The highest BCUT2D eigenvalue weighted by Crippen LogP contribution is 2.39. The molecule has 144 valence electrons. The Balaban J connectivity index is 1.88. The maximum atomic E-state index is 11.9. The maximum absolute atomic E-state index is 11.9. The smallest absolute Gasteiger partial charge is 0.461 e. The van der Waals surface area contributed by atoms with Gasteiger partial charge in [0.05, 0.1) is 17.8 Å². The molecule has 0 spiro atoms. The largest absolute Gasteiger partial charge is 0.491 e. The lowest BCUT2D eigenvalue weighted by Crippen LogP contribution is -2.41. The molecule has 1 fully saturated rings. The van der Waals surface area contributed by atoms with Crippen molar-refractivity contribution in [3.8, 4) is 0 Å². The molecule has 2 heterocycles. The normalized spacial score (nSPS) is 18.9. The molecule has 1 aromatic heterocycles. The molecular formula is C20H26BNO4S. The van der Waals surface area contributed by atoms with Gasteiger partial charge >= 0.3 is 13.1 Å². The first-order valence-corrected chi connectivity index (χ1v) is 9.77. The third-order valence-electron chi connectivity index (χ3n) is 5.23. The number of rotatable bonds is 5. The molecular weight excluding hydrogens is 361 g/mol. The molecule has 0 radical (unpaired) electrons. The van der Waals surface area contributed by atoms with E-state index in [-0.39, 0.29) is 5.97 Å². The second-order valence-corrected chi connectivity index (χ2v) is 8.03. The van der Waals surface area contributed by atoms with Crippen molar-refractivity contribution >= 4 is 42.7 Å². The Hall–Kier alpha value is -1.70. The molecule has 27 heavy (non-hydrogen) atoms. The summed E-state index contributed by atoms with van der Waals surface area (Å²) < 4.78 is 17.3. The summed E-state index contributed by atoms with van der Waals surface area (Å²) >= 11 is 4.47. The van der Waals surface area contributed by atoms with E-state index < -0.39 is 18.3 Å². The average Bonchev–Trinajstić information content (AvgIpc) is 3.10. The highest BCUT2D eigenvalue weighted by molar-refractivity contribution is 7.80. The van der Waals surface area contributed by atoms with Crippen molar-refractivity contribution in [1.29, 1.82) is 0 Å². The molecule has 1 aromatic carbocycles. The first-order chi connectivity index (χ1) is 12.7. The minimum absolute atomic E-state index is 0.348. The number of ether oxygens (including phenoxy) is 1. The van der Waals surface area contributed by atoms with Crippen LogP contribution in [0.3, 0.4) is 0 Å². The number of aromatic amines is 1. The van der Waals surface area contributed by atoms with Gasteiger partial charge in [-0.1, -0.05) is 18.2 Å². The van der Waals surface area contributed by atoms with Crippen LogP contribution in [-0.2, 0) is 14.0 Å². The summed E-state index contributed by atoms with van der Waals surface area (Å²) in [5, 5.41) is 0.957. The summed E-state index contributed by atoms with van der Waals surface area (Å²) in [6, 6.07) is 7.77. The predicted octanol–water partition coefficient (Wildman–Crippen LogP) is 4.29. The Morgan fingerprint density at radius 1 is 1.22 bits per heavy atom. The Kier molecular flexibility index (Phi) is 5.48. The van der Waals surface area contributed by atoms with Crippen LogP contribution in [0.25, 0.3) is 17.0 Å². The number of benzene rings is 1. The molecule has 1 aliphatic rings. The van der Waals surface area contributed by atoms with E-state index in [1.54, 1.807) is 13.0 Å². The Bertz CT molecular complexity index is 871. The van der Waals surface area contributed by atoms with Crippen LogP contribution in [0.5, 0.6) is 0 Å². The van der Waals surface area contributed by atoms with Crippen molar-refractivity contribution in [3.05, 3.63) is 41.0 Å². The van der Waals surface area contributed by atoms with E-state index in [1.165, 1.54) is 0 Å². The van der Waals surface area contributed by atoms with E-state index in [0.717, 1.165) is 21.9 Å². The second-order valence-electron chi connectivity index (χ2n) is 7.72. The molecule has 0 saturated carbocycles. The van der Waals surface area contributed by atoms with Crippen molar-refractivity contribution in [2.45, 2.75) is 45.8 Å². The van der Waals surface area contributed by atoms with Crippen LogP contribution < -0.4 is 0 Å². The number of fused-ring (bicyclic) bond motifs is 1. The molecule has 0 bridgehead atoms. The number of esters is 1. The summed E-state index contributed by atoms with van der Waals surface area (Å²) in [6.45, 7) is 10.3. The summed E-state index contributed by atoms with van der Waals surface area (Å²) in [5.74, 6) is 0.173. The quantitative estimate of drug-likeness (QED) is 0.457. The van der Waals surface area contributed by atoms with Crippen LogP contribution in [0.4, 0.5) is 0 Å². The molecule has 7 heteroatoms.